The van der Waals surface area contributed by atoms with Crippen molar-refractivity contribution in [3.63, 3.8) is 0 Å². The molecule has 2 atom stereocenters. The normalized spacial score (nSPS) is 22.6. The summed E-state index contributed by atoms with van der Waals surface area (Å²) in [6.07, 6.45) is 1.85. The summed E-state index contributed by atoms with van der Waals surface area (Å²) in [6, 6.07) is 0.152. The van der Waals surface area contributed by atoms with Crippen molar-refractivity contribution >= 4 is 17.2 Å². The molecule has 1 saturated heterocycles. The average Bonchev–Trinajstić information content (AvgIpc) is 3.07. The van der Waals surface area contributed by atoms with Gasteiger partial charge in [0.25, 0.3) is 0 Å². The van der Waals surface area contributed by atoms with Gasteiger partial charge in [-0.15, -0.1) is 11.3 Å². The smallest absolute Gasteiger partial charge is 0.227 e. The van der Waals surface area contributed by atoms with Gasteiger partial charge in [0.05, 0.1) is 30.3 Å². The summed E-state index contributed by atoms with van der Waals surface area (Å²) in [5, 5.41) is 8.36. The Kier molecular flexibility index (Phi) is 5.75. The molecule has 1 fully saturated rings. The highest BCUT2D eigenvalue weighted by molar-refractivity contribution is 7.07. The fourth-order valence-electron chi connectivity index (χ4n) is 2.15. The molecule has 2 heterocycles. The van der Waals surface area contributed by atoms with E-state index in [1.165, 1.54) is 0 Å². The summed E-state index contributed by atoms with van der Waals surface area (Å²) in [6.45, 7) is 4.83. The molecule has 1 aliphatic heterocycles. The minimum absolute atomic E-state index is 0.0676. The number of ether oxygens (including phenoxy) is 1. The van der Waals surface area contributed by atoms with Gasteiger partial charge >= 0.3 is 0 Å². The molecule has 5 nitrogen and oxygen atoms in total. The quantitative estimate of drug-likeness (QED) is 0.777. The molecule has 1 aromatic rings. The molecular formula is C13H21N3O2S. The predicted octanol–water partition coefficient (Wildman–Crippen LogP) is 0.816. The molecule has 2 unspecified atom stereocenters. The Bertz CT molecular complexity index is 383. The highest BCUT2D eigenvalue weighted by atomic mass is 32.1. The van der Waals surface area contributed by atoms with E-state index >= 15 is 0 Å². The van der Waals surface area contributed by atoms with E-state index < -0.39 is 0 Å². The summed E-state index contributed by atoms with van der Waals surface area (Å²) < 4.78 is 5.41. The largest absolute Gasteiger partial charge is 0.379 e. The Hall–Kier alpha value is -0.980. The lowest BCUT2D eigenvalue weighted by atomic mass is 10.0. The van der Waals surface area contributed by atoms with Gasteiger partial charge in [-0.05, 0) is 13.0 Å². The van der Waals surface area contributed by atoms with E-state index in [9.17, 15) is 4.79 Å². The number of carbonyl (C=O) groups excluding carboxylic acids is 1. The van der Waals surface area contributed by atoms with E-state index in [2.05, 4.69) is 22.5 Å². The molecule has 2 N–H and O–H groups in total. The number of hydrogen-bond donors (Lipinski definition) is 2. The van der Waals surface area contributed by atoms with Gasteiger partial charge in [-0.25, -0.2) is 4.98 Å². The summed E-state index contributed by atoms with van der Waals surface area (Å²) in [4.78, 5) is 16.3. The lowest BCUT2D eigenvalue weighted by Crippen LogP contribution is -2.44. The Morgan fingerprint density at radius 1 is 1.53 bits per heavy atom. The molecule has 1 aromatic heterocycles. The number of nitrogens with zero attached hydrogens (tertiary/aromatic N) is 1. The number of amides is 1. The van der Waals surface area contributed by atoms with Crippen LogP contribution >= 0.6 is 11.3 Å². The summed E-state index contributed by atoms with van der Waals surface area (Å²) in [7, 11) is 0. The van der Waals surface area contributed by atoms with Crippen LogP contribution in [-0.2, 0) is 16.0 Å². The summed E-state index contributed by atoms with van der Waals surface area (Å²) in [5.41, 5.74) is 2.85. The molecule has 1 aliphatic rings. The standard InChI is InChI=1S/C13H21N3O2S/c1-2-4-14-12-7-18-6-11(12)13(17)15-5-3-10-8-19-9-16-10/h8-9,11-12,14H,2-7H2,1H3,(H,15,17). The number of hydrogen-bond acceptors (Lipinski definition) is 5. The van der Waals surface area contributed by atoms with E-state index in [1.54, 1.807) is 11.3 Å². The van der Waals surface area contributed by atoms with Gasteiger partial charge in [0.1, 0.15) is 0 Å². The van der Waals surface area contributed by atoms with Crippen molar-refractivity contribution < 1.29 is 9.53 Å². The maximum atomic E-state index is 12.1. The van der Waals surface area contributed by atoms with Gasteiger partial charge in [0.2, 0.25) is 5.91 Å². The van der Waals surface area contributed by atoms with Crippen molar-refractivity contribution in [2.45, 2.75) is 25.8 Å². The second-order valence-corrected chi connectivity index (χ2v) is 5.44. The molecule has 0 spiro atoms. The molecular weight excluding hydrogens is 262 g/mol. The van der Waals surface area contributed by atoms with Gasteiger partial charge in [0.15, 0.2) is 0 Å². The van der Waals surface area contributed by atoms with Crippen LogP contribution < -0.4 is 10.6 Å². The van der Waals surface area contributed by atoms with Gasteiger partial charge in [-0.1, -0.05) is 6.92 Å². The fraction of sp³-hybridized carbons (Fsp3) is 0.692. The first kappa shape index (κ1) is 14.4. The SMILES string of the molecule is CCCNC1COCC1C(=O)NCCc1cscn1. The van der Waals surface area contributed by atoms with Crippen molar-refractivity contribution in [3.8, 4) is 0 Å². The fourth-order valence-corrected chi connectivity index (χ4v) is 2.74. The van der Waals surface area contributed by atoms with Crippen molar-refractivity contribution in [1.82, 2.24) is 15.6 Å². The first-order valence-electron chi connectivity index (χ1n) is 6.77. The van der Waals surface area contributed by atoms with Crippen LogP contribution in [0.5, 0.6) is 0 Å². The minimum Gasteiger partial charge on any atom is -0.379 e. The van der Waals surface area contributed by atoms with Crippen molar-refractivity contribution in [2.24, 2.45) is 5.92 Å². The summed E-state index contributed by atoms with van der Waals surface area (Å²) >= 11 is 1.58. The van der Waals surface area contributed by atoms with Crippen molar-refractivity contribution in [2.75, 3.05) is 26.3 Å². The van der Waals surface area contributed by atoms with E-state index in [1.807, 2.05) is 10.9 Å². The van der Waals surface area contributed by atoms with Crippen LogP contribution in [-0.4, -0.2) is 43.2 Å². The number of carbonyl (C=O) groups is 1. The molecule has 0 aliphatic carbocycles. The van der Waals surface area contributed by atoms with E-state index in [0.29, 0.717) is 19.8 Å². The Morgan fingerprint density at radius 2 is 2.42 bits per heavy atom. The number of aromatic nitrogens is 1. The Morgan fingerprint density at radius 3 is 3.16 bits per heavy atom. The number of nitrogens with one attached hydrogen (secondary N) is 2. The molecule has 1 amide bonds. The zero-order valence-electron chi connectivity index (χ0n) is 11.2. The Balaban J connectivity index is 1.72. The molecule has 106 valence electrons. The predicted molar refractivity (Wildman–Crippen MR) is 75.2 cm³/mol. The van der Waals surface area contributed by atoms with E-state index in [4.69, 9.17) is 4.74 Å². The van der Waals surface area contributed by atoms with Gasteiger partial charge in [-0.2, -0.15) is 0 Å². The highest BCUT2D eigenvalue weighted by Gasteiger charge is 2.33. The zero-order chi connectivity index (χ0) is 13.5. The lowest BCUT2D eigenvalue weighted by Gasteiger charge is -2.18. The third-order valence-corrected chi connectivity index (χ3v) is 3.87. The van der Waals surface area contributed by atoms with Crippen LogP contribution in [0.25, 0.3) is 0 Å². The van der Waals surface area contributed by atoms with Crippen molar-refractivity contribution in [1.29, 1.82) is 0 Å². The van der Waals surface area contributed by atoms with E-state index in [-0.39, 0.29) is 17.9 Å². The number of rotatable bonds is 7. The average molecular weight is 283 g/mol. The zero-order valence-corrected chi connectivity index (χ0v) is 12.0. The monoisotopic (exact) mass is 283 g/mol. The van der Waals surface area contributed by atoms with Gasteiger partial charge in [-0.3, -0.25) is 4.79 Å². The molecule has 0 aromatic carbocycles. The van der Waals surface area contributed by atoms with Crippen LogP contribution in [0.1, 0.15) is 19.0 Å². The number of thiazole rings is 1. The second kappa shape index (κ2) is 7.57. The first-order chi connectivity index (χ1) is 9.31. The highest BCUT2D eigenvalue weighted by Crippen LogP contribution is 2.14. The minimum atomic E-state index is -0.0676. The third-order valence-electron chi connectivity index (χ3n) is 3.24. The van der Waals surface area contributed by atoms with Crippen LogP contribution in [0.2, 0.25) is 0 Å². The van der Waals surface area contributed by atoms with Crippen LogP contribution in [0.4, 0.5) is 0 Å². The molecule has 0 radical (unpaired) electrons. The maximum absolute atomic E-state index is 12.1. The Labute approximate surface area is 117 Å². The summed E-state index contributed by atoms with van der Waals surface area (Å²) in [5.74, 6) is 0.0170. The first-order valence-corrected chi connectivity index (χ1v) is 7.71. The third kappa shape index (κ3) is 4.26. The second-order valence-electron chi connectivity index (χ2n) is 4.73. The van der Waals surface area contributed by atoms with Crippen molar-refractivity contribution in [3.05, 3.63) is 16.6 Å². The topological polar surface area (TPSA) is 63.2 Å². The molecule has 0 saturated carbocycles. The molecule has 0 bridgehead atoms. The van der Waals surface area contributed by atoms with E-state index in [0.717, 1.165) is 25.1 Å². The van der Waals surface area contributed by atoms with Gasteiger partial charge < -0.3 is 15.4 Å². The molecule has 19 heavy (non-hydrogen) atoms. The van der Waals surface area contributed by atoms with Gasteiger partial charge in [0, 0.05) is 24.4 Å². The molecule has 2 rings (SSSR count). The van der Waals surface area contributed by atoms with Crippen LogP contribution in [0, 0.1) is 5.92 Å². The molecule has 6 heteroatoms. The lowest BCUT2D eigenvalue weighted by molar-refractivity contribution is -0.125. The van der Waals surface area contributed by atoms with Crippen LogP contribution in [0.3, 0.4) is 0 Å². The van der Waals surface area contributed by atoms with Crippen LogP contribution in [0.15, 0.2) is 10.9 Å². The maximum Gasteiger partial charge on any atom is 0.227 e.